The summed E-state index contributed by atoms with van der Waals surface area (Å²) in [6.45, 7) is 4.25. The van der Waals surface area contributed by atoms with Crippen molar-refractivity contribution in [3.05, 3.63) is 53.6 Å². The van der Waals surface area contributed by atoms with E-state index in [9.17, 15) is 9.59 Å². The predicted octanol–water partition coefficient (Wildman–Crippen LogP) is 2.98. The number of hydrogen-bond acceptors (Lipinski definition) is 4. The van der Waals surface area contributed by atoms with Gasteiger partial charge >= 0.3 is 0 Å². The fraction of sp³-hybridized carbons (Fsp3) is 0.263. The summed E-state index contributed by atoms with van der Waals surface area (Å²) in [7, 11) is 1.54. The smallest absolute Gasteiger partial charge is 0.251 e. The van der Waals surface area contributed by atoms with E-state index in [2.05, 4.69) is 10.6 Å². The lowest BCUT2D eigenvalue weighted by molar-refractivity contribution is -0.114. The minimum atomic E-state index is -0.202. The standard InChI is InChI=1S/C19H22N2O4/c1-4-25-17-10-7-15(11-18(17)24-3)19(23)20-12-14-5-8-16(9-6-14)21-13(2)22/h5-11H,4,12H2,1-3H3,(H,20,23)(H,21,22). The van der Waals surface area contributed by atoms with Gasteiger partial charge in [-0.05, 0) is 42.8 Å². The Morgan fingerprint density at radius 1 is 1.04 bits per heavy atom. The first-order valence-electron chi connectivity index (χ1n) is 7.99. The molecule has 2 amide bonds. The molecule has 2 N–H and O–H groups in total. The Morgan fingerprint density at radius 2 is 1.76 bits per heavy atom. The van der Waals surface area contributed by atoms with Crippen LogP contribution >= 0.6 is 0 Å². The van der Waals surface area contributed by atoms with Gasteiger partial charge in [-0.1, -0.05) is 12.1 Å². The fourth-order valence-electron chi connectivity index (χ4n) is 2.28. The molecule has 0 unspecified atom stereocenters. The Morgan fingerprint density at radius 3 is 2.36 bits per heavy atom. The molecular formula is C19H22N2O4. The van der Waals surface area contributed by atoms with Crippen LogP contribution in [0, 0.1) is 0 Å². The number of nitrogens with one attached hydrogen (secondary N) is 2. The zero-order valence-electron chi connectivity index (χ0n) is 14.6. The number of benzene rings is 2. The summed E-state index contributed by atoms with van der Waals surface area (Å²) in [6.07, 6.45) is 0. The van der Waals surface area contributed by atoms with Crippen LogP contribution in [0.15, 0.2) is 42.5 Å². The van der Waals surface area contributed by atoms with Crippen molar-refractivity contribution in [1.82, 2.24) is 5.32 Å². The Kier molecular flexibility index (Phi) is 6.39. The van der Waals surface area contributed by atoms with E-state index in [4.69, 9.17) is 9.47 Å². The highest BCUT2D eigenvalue weighted by molar-refractivity contribution is 5.94. The summed E-state index contributed by atoms with van der Waals surface area (Å²) in [5, 5.41) is 5.55. The van der Waals surface area contributed by atoms with Gasteiger partial charge in [0.15, 0.2) is 11.5 Å². The highest BCUT2D eigenvalue weighted by Crippen LogP contribution is 2.28. The predicted molar refractivity (Wildman–Crippen MR) is 96.1 cm³/mol. The summed E-state index contributed by atoms with van der Waals surface area (Å²) in [5.41, 5.74) is 2.15. The summed E-state index contributed by atoms with van der Waals surface area (Å²) in [5.74, 6) is 0.807. The number of anilines is 1. The summed E-state index contributed by atoms with van der Waals surface area (Å²) in [4.78, 5) is 23.3. The quantitative estimate of drug-likeness (QED) is 0.811. The van der Waals surface area contributed by atoms with Crippen LogP contribution in [0.3, 0.4) is 0 Å². The second-order valence-electron chi connectivity index (χ2n) is 5.36. The third kappa shape index (κ3) is 5.24. The third-order valence-corrected chi connectivity index (χ3v) is 3.45. The molecule has 0 spiro atoms. The molecule has 6 heteroatoms. The Labute approximate surface area is 147 Å². The van der Waals surface area contributed by atoms with Crippen LogP contribution in [0.5, 0.6) is 11.5 Å². The van der Waals surface area contributed by atoms with Crippen LogP contribution < -0.4 is 20.1 Å². The van der Waals surface area contributed by atoms with Gasteiger partial charge in [-0.3, -0.25) is 9.59 Å². The second-order valence-corrected chi connectivity index (χ2v) is 5.36. The van der Waals surface area contributed by atoms with Crippen molar-refractivity contribution in [2.45, 2.75) is 20.4 Å². The van der Waals surface area contributed by atoms with E-state index >= 15 is 0 Å². The van der Waals surface area contributed by atoms with Gasteiger partial charge in [0.25, 0.3) is 5.91 Å². The number of hydrogen-bond donors (Lipinski definition) is 2. The van der Waals surface area contributed by atoms with E-state index in [-0.39, 0.29) is 11.8 Å². The molecule has 0 bridgehead atoms. The first-order valence-corrected chi connectivity index (χ1v) is 7.99. The monoisotopic (exact) mass is 342 g/mol. The lowest BCUT2D eigenvalue weighted by atomic mass is 10.1. The molecule has 25 heavy (non-hydrogen) atoms. The molecule has 2 aromatic rings. The van der Waals surface area contributed by atoms with Crippen LogP contribution in [-0.4, -0.2) is 25.5 Å². The molecule has 0 aliphatic rings. The molecule has 0 fully saturated rings. The van der Waals surface area contributed by atoms with Crippen LogP contribution in [0.2, 0.25) is 0 Å². The first-order chi connectivity index (χ1) is 12.0. The van der Waals surface area contributed by atoms with Crippen molar-refractivity contribution in [1.29, 1.82) is 0 Å². The van der Waals surface area contributed by atoms with E-state index in [1.54, 1.807) is 30.3 Å². The number of rotatable bonds is 7. The van der Waals surface area contributed by atoms with Gasteiger partial charge in [0, 0.05) is 24.7 Å². The molecule has 0 saturated heterocycles. The molecule has 0 heterocycles. The number of methoxy groups -OCH3 is 1. The van der Waals surface area contributed by atoms with E-state index in [0.717, 1.165) is 11.3 Å². The first kappa shape index (κ1) is 18.3. The van der Waals surface area contributed by atoms with Gasteiger partial charge in [0.05, 0.1) is 13.7 Å². The van der Waals surface area contributed by atoms with E-state index in [1.165, 1.54) is 14.0 Å². The van der Waals surface area contributed by atoms with Crippen molar-refractivity contribution in [2.75, 3.05) is 19.0 Å². The van der Waals surface area contributed by atoms with Crippen LogP contribution in [0.4, 0.5) is 5.69 Å². The minimum absolute atomic E-state index is 0.120. The van der Waals surface area contributed by atoms with Gasteiger partial charge in [-0.15, -0.1) is 0 Å². The fourth-order valence-corrected chi connectivity index (χ4v) is 2.28. The normalized spacial score (nSPS) is 10.0. The number of amides is 2. The lowest BCUT2D eigenvalue weighted by Gasteiger charge is -2.11. The van der Waals surface area contributed by atoms with Crippen molar-refractivity contribution in [3.63, 3.8) is 0 Å². The molecule has 0 atom stereocenters. The van der Waals surface area contributed by atoms with Gasteiger partial charge in [0.2, 0.25) is 5.91 Å². The summed E-state index contributed by atoms with van der Waals surface area (Å²) >= 11 is 0. The van der Waals surface area contributed by atoms with Crippen molar-refractivity contribution in [3.8, 4) is 11.5 Å². The largest absolute Gasteiger partial charge is 0.493 e. The molecule has 2 aromatic carbocycles. The number of carbonyl (C=O) groups is 2. The zero-order chi connectivity index (χ0) is 18.2. The number of carbonyl (C=O) groups excluding carboxylic acids is 2. The Balaban J connectivity index is 1.99. The van der Waals surface area contributed by atoms with Crippen molar-refractivity contribution < 1.29 is 19.1 Å². The summed E-state index contributed by atoms with van der Waals surface area (Å²) < 4.78 is 10.7. The molecule has 0 aromatic heterocycles. The third-order valence-electron chi connectivity index (χ3n) is 3.45. The van der Waals surface area contributed by atoms with Gasteiger partial charge in [0.1, 0.15) is 0 Å². The van der Waals surface area contributed by atoms with Gasteiger partial charge in [-0.25, -0.2) is 0 Å². The highest BCUT2D eigenvalue weighted by atomic mass is 16.5. The Bertz CT molecular complexity index is 742. The minimum Gasteiger partial charge on any atom is -0.493 e. The highest BCUT2D eigenvalue weighted by Gasteiger charge is 2.11. The maximum absolute atomic E-state index is 12.3. The molecule has 0 aliphatic heterocycles. The molecule has 6 nitrogen and oxygen atoms in total. The van der Waals surface area contributed by atoms with Crippen molar-refractivity contribution in [2.24, 2.45) is 0 Å². The molecule has 2 rings (SSSR count). The maximum Gasteiger partial charge on any atom is 0.251 e. The van der Waals surface area contributed by atoms with E-state index < -0.39 is 0 Å². The lowest BCUT2D eigenvalue weighted by Crippen LogP contribution is -2.22. The Hall–Kier alpha value is -3.02. The average Bonchev–Trinajstić information content (AvgIpc) is 2.61. The second kappa shape index (κ2) is 8.73. The van der Waals surface area contributed by atoms with Gasteiger partial charge < -0.3 is 20.1 Å². The molecule has 132 valence electrons. The molecular weight excluding hydrogens is 320 g/mol. The van der Waals surface area contributed by atoms with Crippen LogP contribution in [0.25, 0.3) is 0 Å². The zero-order valence-corrected chi connectivity index (χ0v) is 14.6. The molecule has 0 saturated carbocycles. The van der Waals surface area contributed by atoms with Crippen LogP contribution in [-0.2, 0) is 11.3 Å². The van der Waals surface area contributed by atoms with E-state index in [0.29, 0.717) is 30.2 Å². The summed E-state index contributed by atoms with van der Waals surface area (Å²) in [6, 6.07) is 12.4. The van der Waals surface area contributed by atoms with E-state index in [1.807, 2.05) is 19.1 Å². The average molecular weight is 342 g/mol. The van der Waals surface area contributed by atoms with Gasteiger partial charge in [-0.2, -0.15) is 0 Å². The SMILES string of the molecule is CCOc1ccc(C(=O)NCc2ccc(NC(C)=O)cc2)cc1OC. The molecule has 0 aliphatic carbocycles. The number of ether oxygens (including phenoxy) is 2. The topological polar surface area (TPSA) is 76.7 Å². The van der Waals surface area contributed by atoms with Crippen LogP contribution in [0.1, 0.15) is 29.8 Å². The maximum atomic E-state index is 12.3. The molecule has 0 radical (unpaired) electrons. The van der Waals surface area contributed by atoms with Crippen molar-refractivity contribution >= 4 is 17.5 Å².